The summed E-state index contributed by atoms with van der Waals surface area (Å²) in [5, 5.41) is 2.25. The molecule has 1 aromatic rings. The highest BCUT2D eigenvalue weighted by Crippen LogP contribution is 2.34. The van der Waals surface area contributed by atoms with Crippen LogP contribution in [0, 0.1) is 5.92 Å². The smallest absolute Gasteiger partial charge is 0.336 e. The number of nitrogens with one attached hydrogen (secondary N) is 1. The monoisotopic (exact) mass is 233 g/mol. The molecule has 3 rings (SSSR count). The molecule has 88 valence electrons. The molecule has 0 bridgehead atoms. The van der Waals surface area contributed by atoms with Gasteiger partial charge in [0.1, 0.15) is 5.76 Å². The summed E-state index contributed by atoms with van der Waals surface area (Å²) < 4.78 is 4.95. The molecule has 1 aliphatic carbocycles. The molecule has 1 aliphatic heterocycles. The summed E-state index contributed by atoms with van der Waals surface area (Å²) in [5.41, 5.74) is 0.613. The molecular weight excluding hydrogens is 222 g/mol. The predicted molar refractivity (Wildman–Crippen MR) is 57.6 cm³/mol. The number of fused-ring (bicyclic) bond motifs is 1. The van der Waals surface area contributed by atoms with Crippen LogP contribution in [0.1, 0.15) is 34.5 Å². The number of hydrogen-bond donors (Lipinski definition) is 1. The van der Waals surface area contributed by atoms with E-state index in [2.05, 4.69) is 5.32 Å². The molecule has 5 nitrogen and oxygen atoms in total. The van der Waals surface area contributed by atoms with Gasteiger partial charge in [-0.15, -0.1) is 0 Å². The Hall–Kier alpha value is -1.91. The summed E-state index contributed by atoms with van der Waals surface area (Å²) >= 11 is 0. The maximum absolute atomic E-state index is 11.7. The van der Waals surface area contributed by atoms with E-state index in [9.17, 15) is 14.4 Å². The van der Waals surface area contributed by atoms with Crippen molar-refractivity contribution in [1.29, 1.82) is 0 Å². The normalized spacial score (nSPS) is 18.8. The number of carbonyl (C=O) groups excluding carboxylic acids is 2. The maximum Gasteiger partial charge on any atom is 0.336 e. The lowest BCUT2D eigenvalue weighted by atomic mass is 9.98. The van der Waals surface area contributed by atoms with E-state index >= 15 is 0 Å². The average molecular weight is 233 g/mol. The fourth-order valence-electron chi connectivity index (χ4n) is 2.17. The van der Waals surface area contributed by atoms with Crippen molar-refractivity contribution in [2.24, 2.45) is 5.92 Å². The third-order valence-electron chi connectivity index (χ3n) is 3.12. The molecule has 5 heteroatoms. The molecule has 1 saturated carbocycles. The minimum absolute atomic E-state index is 0.0329. The van der Waals surface area contributed by atoms with Crippen LogP contribution in [0.3, 0.4) is 0 Å². The third-order valence-corrected chi connectivity index (χ3v) is 3.12. The molecular formula is C12H11NO4. The Kier molecular flexibility index (Phi) is 2.14. The van der Waals surface area contributed by atoms with Crippen molar-refractivity contribution < 1.29 is 14.0 Å². The van der Waals surface area contributed by atoms with Crippen LogP contribution < -0.4 is 10.9 Å². The molecule has 0 radical (unpaired) electrons. The Labute approximate surface area is 96.8 Å². The van der Waals surface area contributed by atoms with E-state index in [1.165, 1.54) is 6.07 Å². The van der Waals surface area contributed by atoms with E-state index < -0.39 is 17.4 Å². The first-order chi connectivity index (χ1) is 8.13. The van der Waals surface area contributed by atoms with Crippen LogP contribution in [0.4, 0.5) is 0 Å². The SMILES string of the molecule is O=C1Cc2oc(=O)cc(CC3CC3)c2C(=O)N1. The first-order valence-electron chi connectivity index (χ1n) is 5.63. The van der Waals surface area contributed by atoms with E-state index in [0.717, 1.165) is 19.3 Å². The number of imide groups is 1. The average Bonchev–Trinajstić information content (AvgIpc) is 2.99. The maximum atomic E-state index is 11.7. The minimum Gasteiger partial charge on any atom is -0.426 e. The van der Waals surface area contributed by atoms with Crippen molar-refractivity contribution in [2.45, 2.75) is 25.7 Å². The Bertz CT molecular complexity index is 568. The van der Waals surface area contributed by atoms with Crippen molar-refractivity contribution in [1.82, 2.24) is 5.32 Å². The fourth-order valence-corrected chi connectivity index (χ4v) is 2.17. The third kappa shape index (κ3) is 1.88. The molecule has 1 aromatic heterocycles. The summed E-state index contributed by atoms with van der Waals surface area (Å²) in [6.45, 7) is 0. The van der Waals surface area contributed by atoms with Crippen LogP contribution >= 0.6 is 0 Å². The number of rotatable bonds is 2. The molecule has 0 unspecified atom stereocenters. The Morgan fingerprint density at radius 2 is 2.06 bits per heavy atom. The Morgan fingerprint density at radius 1 is 1.29 bits per heavy atom. The van der Waals surface area contributed by atoms with Gasteiger partial charge in [0, 0.05) is 6.07 Å². The molecule has 0 saturated heterocycles. The van der Waals surface area contributed by atoms with Gasteiger partial charge in [-0.2, -0.15) is 0 Å². The molecule has 2 amide bonds. The molecule has 0 spiro atoms. The van der Waals surface area contributed by atoms with Gasteiger partial charge in [0.15, 0.2) is 0 Å². The lowest BCUT2D eigenvalue weighted by Crippen LogP contribution is -2.38. The number of amides is 2. The summed E-state index contributed by atoms with van der Waals surface area (Å²) in [4.78, 5) is 34.3. The Balaban J connectivity index is 2.11. The lowest BCUT2D eigenvalue weighted by Gasteiger charge is -2.16. The molecule has 1 fully saturated rings. The highest BCUT2D eigenvalue weighted by Gasteiger charge is 2.31. The van der Waals surface area contributed by atoms with Crippen molar-refractivity contribution >= 4 is 11.8 Å². The molecule has 2 heterocycles. The van der Waals surface area contributed by atoms with Gasteiger partial charge in [-0.1, -0.05) is 0 Å². The highest BCUT2D eigenvalue weighted by molar-refractivity contribution is 6.09. The predicted octanol–water partition coefficient (Wildman–Crippen LogP) is 0.405. The van der Waals surface area contributed by atoms with Gasteiger partial charge in [0.05, 0.1) is 12.0 Å². The molecule has 0 aromatic carbocycles. The second-order valence-corrected chi connectivity index (χ2v) is 4.59. The van der Waals surface area contributed by atoms with Crippen molar-refractivity contribution in [3.8, 4) is 0 Å². The van der Waals surface area contributed by atoms with E-state index in [-0.39, 0.29) is 12.2 Å². The zero-order chi connectivity index (χ0) is 12.0. The van der Waals surface area contributed by atoms with Crippen LogP contribution in [0.15, 0.2) is 15.3 Å². The van der Waals surface area contributed by atoms with Gasteiger partial charge in [0.25, 0.3) is 5.91 Å². The first-order valence-corrected chi connectivity index (χ1v) is 5.63. The summed E-state index contributed by atoms with van der Waals surface area (Å²) in [5.74, 6) is -0.0990. The largest absolute Gasteiger partial charge is 0.426 e. The van der Waals surface area contributed by atoms with E-state index in [0.29, 0.717) is 17.0 Å². The van der Waals surface area contributed by atoms with Gasteiger partial charge >= 0.3 is 5.63 Å². The topological polar surface area (TPSA) is 76.4 Å². The quantitative estimate of drug-likeness (QED) is 0.750. The first kappa shape index (κ1) is 10.3. The second-order valence-electron chi connectivity index (χ2n) is 4.59. The summed E-state index contributed by atoms with van der Waals surface area (Å²) in [7, 11) is 0. The molecule has 17 heavy (non-hydrogen) atoms. The van der Waals surface area contributed by atoms with Gasteiger partial charge in [-0.3, -0.25) is 14.9 Å². The molecule has 2 aliphatic rings. The fraction of sp³-hybridized carbons (Fsp3) is 0.417. The molecule has 1 N–H and O–H groups in total. The second kappa shape index (κ2) is 3.55. The number of carbonyl (C=O) groups is 2. The van der Waals surface area contributed by atoms with E-state index in [1.807, 2.05) is 0 Å². The summed E-state index contributed by atoms with van der Waals surface area (Å²) in [6, 6.07) is 1.37. The van der Waals surface area contributed by atoms with Crippen LogP contribution in [0.5, 0.6) is 0 Å². The van der Waals surface area contributed by atoms with Gasteiger partial charge in [0.2, 0.25) is 5.91 Å². The van der Waals surface area contributed by atoms with Crippen LogP contribution in [0.25, 0.3) is 0 Å². The van der Waals surface area contributed by atoms with Gasteiger partial charge in [-0.05, 0) is 30.7 Å². The standard InChI is InChI=1S/C12H11NO4/c14-9-5-8-11(12(16)13-9)7(3-6-1-2-6)4-10(15)17-8/h4,6H,1-3,5H2,(H,13,14,16). The van der Waals surface area contributed by atoms with Crippen LogP contribution in [0.2, 0.25) is 0 Å². The van der Waals surface area contributed by atoms with Crippen molar-refractivity contribution in [3.63, 3.8) is 0 Å². The number of hydrogen-bond acceptors (Lipinski definition) is 4. The van der Waals surface area contributed by atoms with Crippen LogP contribution in [-0.4, -0.2) is 11.8 Å². The van der Waals surface area contributed by atoms with Gasteiger partial charge in [-0.25, -0.2) is 4.79 Å². The minimum atomic E-state index is -0.484. The molecule has 0 atom stereocenters. The highest BCUT2D eigenvalue weighted by atomic mass is 16.4. The Morgan fingerprint density at radius 3 is 2.76 bits per heavy atom. The van der Waals surface area contributed by atoms with Crippen molar-refractivity contribution in [2.75, 3.05) is 0 Å². The van der Waals surface area contributed by atoms with E-state index in [1.54, 1.807) is 0 Å². The van der Waals surface area contributed by atoms with E-state index in [4.69, 9.17) is 4.42 Å². The van der Waals surface area contributed by atoms with Crippen molar-refractivity contribution in [3.05, 3.63) is 33.4 Å². The summed E-state index contributed by atoms with van der Waals surface area (Å²) in [6.07, 6.45) is 2.95. The zero-order valence-corrected chi connectivity index (χ0v) is 9.12. The lowest BCUT2D eigenvalue weighted by molar-refractivity contribution is -0.120. The zero-order valence-electron chi connectivity index (χ0n) is 9.12. The van der Waals surface area contributed by atoms with Crippen LogP contribution in [-0.2, 0) is 17.6 Å². The van der Waals surface area contributed by atoms with Gasteiger partial charge < -0.3 is 4.42 Å².